The fraction of sp³-hybridized carbons (Fsp3) is 0.190. The Morgan fingerprint density at radius 3 is 2.90 bits per heavy atom. The molecule has 1 amide bonds. The molecule has 9 heteroatoms. The van der Waals surface area contributed by atoms with E-state index in [0.29, 0.717) is 22.4 Å². The lowest BCUT2D eigenvalue weighted by Gasteiger charge is -2.14. The molecule has 8 nitrogen and oxygen atoms in total. The lowest BCUT2D eigenvalue weighted by molar-refractivity contribution is -0.136. The normalized spacial score (nSPS) is 14.0. The summed E-state index contributed by atoms with van der Waals surface area (Å²) in [6.45, 7) is -0.0777. The molecule has 0 spiro atoms. The van der Waals surface area contributed by atoms with Crippen molar-refractivity contribution in [2.75, 3.05) is 32.1 Å². The van der Waals surface area contributed by atoms with Gasteiger partial charge in [0.05, 0.1) is 25.8 Å². The molecule has 1 aliphatic rings. The van der Waals surface area contributed by atoms with Crippen molar-refractivity contribution in [1.29, 1.82) is 0 Å². The van der Waals surface area contributed by atoms with E-state index in [4.69, 9.17) is 14.3 Å². The molecule has 0 radical (unpaired) electrons. The Morgan fingerprint density at radius 1 is 1.33 bits per heavy atom. The number of carbonyl (C=O) groups excluding carboxylic acids is 2. The van der Waals surface area contributed by atoms with Crippen molar-refractivity contribution in [3.8, 4) is 11.5 Å². The Bertz CT molecular complexity index is 1170. The van der Waals surface area contributed by atoms with Gasteiger partial charge in [-0.1, -0.05) is 6.07 Å². The van der Waals surface area contributed by atoms with Crippen molar-refractivity contribution in [2.45, 2.75) is 0 Å². The zero-order chi connectivity index (χ0) is 21.3. The summed E-state index contributed by atoms with van der Waals surface area (Å²) >= 11 is 0. The Hall–Kier alpha value is -3.72. The second kappa shape index (κ2) is 7.96. The monoisotopic (exact) mass is 411 g/mol. The number of oxazole rings is 1. The molecule has 3 aromatic rings. The minimum atomic E-state index is -0.625. The highest BCUT2D eigenvalue weighted by atomic mass is 19.1. The number of hydrogen-bond acceptors (Lipinski definition) is 7. The Morgan fingerprint density at radius 2 is 2.17 bits per heavy atom. The maximum Gasteiger partial charge on any atom is 0.337 e. The van der Waals surface area contributed by atoms with Gasteiger partial charge in [-0.3, -0.25) is 4.79 Å². The van der Waals surface area contributed by atoms with E-state index < -0.39 is 17.7 Å². The molecule has 0 fully saturated rings. The maximum absolute atomic E-state index is 13.5. The van der Waals surface area contributed by atoms with Crippen LogP contribution in [0.2, 0.25) is 0 Å². The molecule has 0 unspecified atom stereocenters. The molecular formula is C21H18FN3O5. The fourth-order valence-electron chi connectivity index (χ4n) is 3.24. The Labute approximate surface area is 170 Å². The zero-order valence-electron chi connectivity index (χ0n) is 16.0. The molecule has 2 N–H and O–H groups in total. The molecule has 0 atom stereocenters. The van der Waals surface area contributed by atoms with Crippen molar-refractivity contribution in [1.82, 2.24) is 9.88 Å². The number of methoxy groups -OCH3 is 1. The van der Waals surface area contributed by atoms with E-state index in [1.165, 1.54) is 24.1 Å². The largest absolute Gasteiger partial charge is 0.466 e. The van der Waals surface area contributed by atoms with Crippen LogP contribution in [0.5, 0.6) is 0 Å². The number of aliphatic hydroxyl groups is 1. The quantitative estimate of drug-likeness (QED) is 0.600. The lowest BCUT2D eigenvalue weighted by atomic mass is 10.2. The molecule has 0 aliphatic carbocycles. The van der Waals surface area contributed by atoms with Gasteiger partial charge < -0.3 is 24.5 Å². The average molecular weight is 411 g/mol. The van der Waals surface area contributed by atoms with Gasteiger partial charge in [-0.15, -0.1) is 0 Å². The number of aromatic nitrogens is 1. The smallest absolute Gasteiger partial charge is 0.337 e. The number of benzene rings is 2. The van der Waals surface area contributed by atoms with E-state index in [2.05, 4.69) is 10.3 Å². The first-order chi connectivity index (χ1) is 14.5. The molecule has 154 valence electrons. The molecule has 0 saturated carbocycles. The topological polar surface area (TPSA) is 105 Å². The van der Waals surface area contributed by atoms with Crippen LogP contribution in [0.25, 0.3) is 22.6 Å². The number of nitrogens with one attached hydrogen (secondary N) is 1. The number of rotatable bonds is 6. The van der Waals surface area contributed by atoms with E-state index in [1.54, 1.807) is 30.3 Å². The number of halogens is 1. The summed E-state index contributed by atoms with van der Waals surface area (Å²) in [5.41, 5.74) is 2.24. The van der Waals surface area contributed by atoms with Gasteiger partial charge in [0.2, 0.25) is 5.89 Å². The fourth-order valence-corrected chi connectivity index (χ4v) is 3.24. The van der Waals surface area contributed by atoms with Gasteiger partial charge in [0, 0.05) is 23.9 Å². The molecule has 4 rings (SSSR count). The molecule has 30 heavy (non-hydrogen) atoms. The van der Waals surface area contributed by atoms with Gasteiger partial charge in [-0.25, -0.2) is 14.2 Å². The molecule has 0 bridgehead atoms. The number of nitrogens with zero attached hydrogens (tertiary/aromatic N) is 2. The Kier molecular flexibility index (Phi) is 5.20. The highest BCUT2D eigenvalue weighted by molar-refractivity contribution is 6.08. The van der Waals surface area contributed by atoms with Gasteiger partial charge in [0.1, 0.15) is 17.0 Å². The Balaban J connectivity index is 1.66. The summed E-state index contributed by atoms with van der Waals surface area (Å²) in [6, 6.07) is 10.9. The van der Waals surface area contributed by atoms with Crippen LogP contribution in [0, 0.1) is 5.82 Å². The van der Waals surface area contributed by atoms with Crippen molar-refractivity contribution < 1.29 is 28.2 Å². The van der Waals surface area contributed by atoms with Gasteiger partial charge in [0.25, 0.3) is 5.91 Å². The van der Waals surface area contributed by atoms with Crippen molar-refractivity contribution in [3.63, 3.8) is 0 Å². The van der Waals surface area contributed by atoms with Crippen LogP contribution in [0.1, 0.15) is 0 Å². The lowest BCUT2D eigenvalue weighted by Crippen LogP contribution is -2.31. The maximum atomic E-state index is 13.5. The van der Waals surface area contributed by atoms with E-state index >= 15 is 0 Å². The summed E-state index contributed by atoms with van der Waals surface area (Å²) in [5, 5.41) is 12.1. The molecule has 2 heterocycles. The van der Waals surface area contributed by atoms with Gasteiger partial charge >= 0.3 is 5.97 Å². The first-order valence-corrected chi connectivity index (χ1v) is 9.15. The highest BCUT2D eigenvalue weighted by Crippen LogP contribution is 2.28. The van der Waals surface area contributed by atoms with Crippen LogP contribution in [-0.2, 0) is 14.3 Å². The molecule has 1 aromatic heterocycles. The van der Waals surface area contributed by atoms with Gasteiger partial charge in [-0.2, -0.15) is 0 Å². The third kappa shape index (κ3) is 3.62. The number of aliphatic hydroxyl groups excluding tert-OH is 1. The van der Waals surface area contributed by atoms with Crippen LogP contribution in [-0.4, -0.2) is 53.7 Å². The number of anilines is 1. The summed E-state index contributed by atoms with van der Waals surface area (Å²) < 4.78 is 24.0. The van der Waals surface area contributed by atoms with Gasteiger partial charge in [0.15, 0.2) is 5.58 Å². The predicted octanol–water partition coefficient (Wildman–Crippen LogP) is 2.31. The minimum absolute atomic E-state index is 0.0443. The third-order valence-electron chi connectivity index (χ3n) is 4.68. The van der Waals surface area contributed by atoms with Crippen molar-refractivity contribution in [2.24, 2.45) is 0 Å². The van der Waals surface area contributed by atoms with Crippen LogP contribution >= 0.6 is 0 Å². The molecule has 2 aromatic carbocycles. The first-order valence-electron chi connectivity index (χ1n) is 9.15. The van der Waals surface area contributed by atoms with E-state index in [9.17, 15) is 14.0 Å². The standard InChI is InChI=1S/C21H18FN3O5/c1-29-21(28)15-11-25(7-8-26)20(27)18(15)23-14-5-6-16-17(10-14)30-19(24-16)12-3-2-4-13(22)9-12/h2-6,9-10,23,26H,7-8,11H2,1H3. The number of carbonyl (C=O) groups is 2. The second-order valence-corrected chi connectivity index (χ2v) is 6.63. The zero-order valence-corrected chi connectivity index (χ0v) is 16.0. The van der Waals surface area contributed by atoms with E-state index in [1.807, 2.05) is 0 Å². The summed E-state index contributed by atoms with van der Waals surface area (Å²) in [5.74, 6) is -1.17. The first kappa shape index (κ1) is 19.6. The number of esters is 1. The SMILES string of the molecule is COC(=O)C1=C(Nc2ccc3nc(-c4cccc(F)c4)oc3c2)C(=O)N(CCO)C1. The second-order valence-electron chi connectivity index (χ2n) is 6.63. The minimum Gasteiger partial charge on any atom is -0.466 e. The van der Waals surface area contributed by atoms with Crippen molar-refractivity contribution in [3.05, 3.63) is 59.6 Å². The number of β-amino-alcohol motifs (C(OH)–C–C–N with tert-alkyl or cyclic N) is 1. The predicted molar refractivity (Wildman–Crippen MR) is 106 cm³/mol. The summed E-state index contributed by atoms with van der Waals surface area (Å²) in [6.07, 6.45) is 0. The third-order valence-corrected chi connectivity index (χ3v) is 4.68. The van der Waals surface area contributed by atoms with E-state index in [0.717, 1.165) is 0 Å². The van der Waals surface area contributed by atoms with Crippen LogP contribution in [0.4, 0.5) is 10.1 Å². The summed E-state index contributed by atoms with van der Waals surface area (Å²) in [7, 11) is 1.24. The number of fused-ring (bicyclic) bond motifs is 1. The van der Waals surface area contributed by atoms with Crippen LogP contribution in [0.15, 0.2) is 58.2 Å². The molecule has 1 aliphatic heterocycles. The van der Waals surface area contributed by atoms with Gasteiger partial charge in [-0.05, 0) is 30.3 Å². The van der Waals surface area contributed by atoms with E-state index in [-0.39, 0.29) is 36.9 Å². The highest BCUT2D eigenvalue weighted by Gasteiger charge is 2.34. The van der Waals surface area contributed by atoms with Crippen LogP contribution in [0.3, 0.4) is 0 Å². The molecule has 0 saturated heterocycles. The van der Waals surface area contributed by atoms with Crippen molar-refractivity contribution >= 4 is 28.7 Å². The number of ether oxygens (including phenoxy) is 1. The number of hydrogen-bond donors (Lipinski definition) is 2. The average Bonchev–Trinajstić information content (AvgIpc) is 3.30. The summed E-state index contributed by atoms with van der Waals surface area (Å²) in [4.78, 5) is 30.4. The number of amides is 1. The van der Waals surface area contributed by atoms with Crippen LogP contribution < -0.4 is 5.32 Å². The molecular weight excluding hydrogens is 393 g/mol.